The van der Waals surface area contributed by atoms with Crippen LogP contribution in [0.1, 0.15) is 62.3 Å². The summed E-state index contributed by atoms with van der Waals surface area (Å²) in [4.78, 5) is 11.0. The number of carboxylic acids is 1. The van der Waals surface area contributed by atoms with Crippen LogP contribution in [0.15, 0.2) is 0 Å². The van der Waals surface area contributed by atoms with Crippen LogP contribution >= 0.6 is 0 Å². The summed E-state index contributed by atoms with van der Waals surface area (Å²) in [6.07, 6.45) is 3.49. The fourth-order valence-electron chi connectivity index (χ4n) is 1.88. The molecule has 0 amide bonds. The fraction of sp³-hybridized carbons (Fsp3) is 0.727. The number of rotatable bonds is 6. The number of carbonyl (C=O) groups is 1. The molecule has 90 valence electrons. The molecule has 1 N–H and O–H groups in total. The van der Waals surface area contributed by atoms with Crippen molar-refractivity contribution in [2.45, 2.75) is 52.5 Å². The van der Waals surface area contributed by atoms with E-state index < -0.39 is 5.97 Å². The number of aromatic carboxylic acids is 1. The lowest BCUT2D eigenvalue weighted by molar-refractivity contribution is 0.0689. The lowest BCUT2D eigenvalue weighted by Gasteiger charge is -2.15. The van der Waals surface area contributed by atoms with Crippen molar-refractivity contribution in [1.82, 2.24) is 15.0 Å². The monoisotopic (exact) mass is 225 g/mol. The minimum absolute atomic E-state index is 0.105. The Hall–Kier alpha value is -1.39. The zero-order chi connectivity index (χ0) is 12.1. The van der Waals surface area contributed by atoms with Crippen LogP contribution in [0.25, 0.3) is 0 Å². The molecular formula is C11H19N3O2. The number of hydrogen-bond acceptors (Lipinski definition) is 3. The summed E-state index contributed by atoms with van der Waals surface area (Å²) in [5.74, 6) is -0.986. The molecule has 0 atom stereocenters. The van der Waals surface area contributed by atoms with Gasteiger partial charge in [0.05, 0.1) is 11.7 Å². The maximum Gasteiger partial charge on any atom is 0.358 e. The molecule has 1 heterocycles. The zero-order valence-electron chi connectivity index (χ0n) is 10.1. The normalized spacial score (nSPS) is 11.0. The molecule has 5 nitrogen and oxygen atoms in total. The minimum atomic E-state index is -0.986. The zero-order valence-corrected chi connectivity index (χ0v) is 10.1. The molecule has 0 fully saturated rings. The highest BCUT2D eigenvalue weighted by Gasteiger charge is 2.21. The molecule has 1 aromatic rings. The second-order valence-corrected chi connectivity index (χ2v) is 3.85. The van der Waals surface area contributed by atoms with Crippen molar-refractivity contribution < 1.29 is 9.90 Å². The fourth-order valence-corrected chi connectivity index (χ4v) is 1.88. The highest BCUT2D eigenvalue weighted by atomic mass is 16.4. The molecule has 0 saturated carbocycles. The first-order chi connectivity index (χ1) is 7.65. The van der Waals surface area contributed by atoms with Crippen molar-refractivity contribution in [3.63, 3.8) is 0 Å². The Kier molecular flexibility index (Phi) is 4.46. The second kappa shape index (κ2) is 5.63. The molecule has 5 heteroatoms. The number of nitrogens with zero attached hydrogens (tertiary/aromatic N) is 3. The Bertz CT molecular complexity index is 356. The van der Waals surface area contributed by atoms with E-state index in [2.05, 4.69) is 24.2 Å². The maximum absolute atomic E-state index is 11.0. The highest BCUT2D eigenvalue weighted by Crippen LogP contribution is 2.19. The highest BCUT2D eigenvalue weighted by molar-refractivity contribution is 5.86. The van der Waals surface area contributed by atoms with Gasteiger partial charge >= 0.3 is 5.97 Å². The van der Waals surface area contributed by atoms with Gasteiger partial charge in [0.15, 0.2) is 5.69 Å². The largest absolute Gasteiger partial charge is 0.476 e. The summed E-state index contributed by atoms with van der Waals surface area (Å²) in [6, 6.07) is 0.252. The SMILES string of the molecule is CCCc1c(C(=O)O)nnn1C(CC)CC. The summed E-state index contributed by atoms with van der Waals surface area (Å²) in [7, 11) is 0. The van der Waals surface area contributed by atoms with Crippen LogP contribution in [0.2, 0.25) is 0 Å². The van der Waals surface area contributed by atoms with E-state index in [9.17, 15) is 4.79 Å². The topological polar surface area (TPSA) is 68.0 Å². The molecular weight excluding hydrogens is 206 g/mol. The van der Waals surface area contributed by atoms with Crippen molar-refractivity contribution in [2.24, 2.45) is 0 Å². The van der Waals surface area contributed by atoms with Crippen LogP contribution in [0, 0.1) is 0 Å². The molecule has 0 aliphatic rings. The Morgan fingerprint density at radius 3 is 2.44 bits per heavy atom. The predicted octanol–water partition coefficient (Wildman–Crippen LogP) is 2.29. The standard InChI is InChI=1S/C11H19N3O2/c1-4-7-9-10(11(15)16)12-13-14(9)8(5-2)6-3/h8H,4-7H2,1-3H3,(H,15,16). The molecule has 1 rings (SSSR count). The molecule has 0 radical (unpaired) electrons. The van der Waals surface area contributed by atoms with Crippen molar-refractivity contribution in [3.8, 4) is 0 Å². The van der Waals surface area contributed by atoms with Gasteiger partial charge in [0, 0.05) is 0 Å². The average Bonchev–Trinajstić information content (AvgIpc) is 2.65. The Balaban J connectivity index is 3.13. The first-order valence-electron chi connectivity index (χ1n) is 5.82. The van der Waals surface area contributed by atoms with E-state index in [4.69, 9.17) is 5.11 Å². The third kappa shape index (κ3) is 2.40. The lowest BCUT2D eigenvalue weighted by Crippen LogP contribution is -2.13. The summed E-state index contributed by atoms with van der Waals surface area (Å²) >= 11 is 0. The van der Waals surface area contributed by atoms with Gasteiger partial charge in [0.1, 0.15) is 0 Å². The Labute approximate surface area is 95.5 Å². The van der Waals surface area contributed by atoms with E-state index in [1.54, 1.807) is 4.68 Å². The summed E-state index contributed by atoms with van der Waals surface area (Å²) < 4.78 is 1.78. The van der Waals surface area contributed by atoms with Crippen LogP contribution in [0.3, 0.4) is 0 Å². The van der Waals surface area contributed by atoms with Gasteiger partial charge in [-0.05, 0) is 19.3 Å². The third-order valence-corrected chi connectivity index (χ3v) is 2.77. The van der Waals surface area contributed by atoms with Gasteiger partial charge in [-0.15, -0.1) is 5.10 Å². The third-order valence-electron chi connectivity index (χ3n) is 2.77. The van der Waals surface area contributed by atoms with E-state index in [0.717, 1.165) is 25.0 Å². The first-order valence-corrected chi connectivity index (χ1v) is 5.82. The molecule has 0 aromatic carbocycles. The molecule has 0 aliphatic carbocycles. The van der Waals surface area contributed by atoms with Gasteiger partial charge in [-0.1, -0.05) is 32.4 Å². The van der Waals surface area contributed by atoms with E-state index in [1.807, 2.05) is 6.92 Å². The van der Waals surface area contributed by atoms with Gasteiger partial charge < -0.3 is 5.11 Å². The molecule has 16 heavy (non-hydrogen) atoms. The van der Waals surface area contributed by atoms with E-state index in [1.165, 1.54) is 0 Å². The Morgan fingerprint density at radius 1 is 1.38 bits per heavy atom. The molecule has 0 spiro atoms. The van der Waals surface area contributed by atoms with Gasteiger partial charge in [-0.25, -0.2) is 9.48 Å². The quantitative estimate of drug-likeness (QED) is 0.806. The van der Waals surface area contributed by atoms with E-state index >= 15 is 0 Å². The smallest absolute Gasteiger partial charge is 0.358 e. The van der Waals surface area contributed by atoms with Crippen LogP contribution < -0.4 is 0 Å². The van der Waals surface area contributed by atoms with Gasteiger partial charge in [0.2, 0.25) is 0 Å². The van der Waals surface area contributed by atoms with Crippen LogP contribution in [-0.2, 0) is 6.42 Å². The minimum Gasteiger partial charge on any atom is -0.476 e. The second-order valence-electron chi connectivity index (χ2n) is 3.85. The summed E-state index contributed by atoms with van der Waals surface area (Å²) in [5.41, 5.74) is 0.859. The molecule has 0 aliphatic heterocycles. The number of aromatic nitrogens is 3. The predicted molar refractivity (Wildman–Crippen MR) is 60.6 cm³/mol. The van der Waals surface area contributed by atoms with Crippen LogP contribution in [0.5, 0.6) is 0 Å². The van der Waals surface area contributed by atoms with Gasteiger partial charge in [0.25, 0.3) is 0 Å². The summed E-state index contributed by atoms with van der Waals surface area (Å²) in [5, 5.41) is 16.8. The van der Waals surface area contributed by atoms with Crippen molar-refractivity contribution in [2.75, 3.05) is 0 Å². The Morgan fingerprint density at radius 2 is 2.00 bits per heavy atom. The van der Waals surface area contributed by atoms with E-state index in [0.29, 0.717) is 6.42 Å². The van der Waals surface area contributed by atoms with Gasteiger partial charge in [-0.3, -0.25) is 0 Å². The van der Waals surface area contributed by atoms with E-state index in [-0.39, 0.29) is 11.7 Å². The lowest BCUT2D eigenvalue weighted by atomic mass is 10.1. The van der Waals surface area contributed by atoms with Crippen LogP contribution in [0.4, 0.5) is 0 Å². The maximum atomic E-state index is 11.0. The molecule has 0 saturated heterocycles. The molecule has 0 unspecified atom stereocenters. The van der Waals surface area contributed by atoms with Crippen molar-refractivity contribution >= 4 is 5.97 Å². The first kappa shape index (κ1) is 12.7. The van der Waals surface area contributed by atoms with Crippen LogP contribution in [-0.4, -0.2) is 26.1 Å². The van der Waals surface area contributed by atoms with Crippen molar-refractivity contribution in [1.29, 1.82) is 0 Å². The number of carboxylic acid groups (broad SMARTS) is 1. The summed E-state index contributed by atoms with van der Waals surface area (Å²) in [6.45, 7) is 6.17. The van der Waals surface area contributed by atoms with Gasteiger partial charge in [-0.2, -0.15) is 0 Å². The van der Waals surface area contributed by atoms with Crippen molar-refractivity contribution in [3.05, 3.63) is 11.4 Å². The molecule has 1 aromatic heterocycles. The number of hydrogen-bond donors (Lipinski definition) is 1. The average molecular weight is 225 g/mol. The molecule has 0 bridgehead atoms.